The molecule has 172 valence electrons. The molecule has 8 heteroatoms. The van der Waals surface area contributed by atoms with Crippen molar-refractivity contribution in [3.63, 3.8) is 0 Å². The van der Waals surface area contributed by atoms with E-state index >= 15 is 0 Å². The van der Waals surface area contributed by atoms with Gasteiger partial charge in [-0.3, -0.25) is 4.79 Å². The van der Waals surface area contributed by atoms with Crippen LogP contribution in [-0.2, 0) is 6.61 Å². The summed E-state index contributed by atoms with van der Waals surface area (Å²) in [4.78, 5) is 12.4. The van der Waals surface area contributed by atoms with Crippen LogP contribution in [0.3, 0.4) is 0 Å². The third-order valence-corrected chi connectivity index (χ3v) is 5.28. The van der Waals surface area contributed by atoms with Gasteiger partial charge in [0.15, 0.2) is 11.5 Å². The smallest absolute Gasteiger partial charge is 0.271 e. The van der Waals surface area contributed by atoms with Crippen LogP contribution in [0.2, 0.25) is 5.02 Å². The van der Waals surface area contributed by atoms with Gasteiger partial charge in [-0.1, -0.05) is 23.7 Å². The van der Waals surface area contributed by atoms with E-state index < -0.39 is 0 Å². The Morgan fingerprint density at radius 3 is 2.33 bits per heavy atom. The topological polar surface area (TPSA) is 78.4 Å². The summed E-state index contributed by atoms with van der Waals surface area (Å²) in [6.07, 6.45) is 1.48. The van der Waals surface area contributed by atoms with E-state index in [4.69, 9.17) is 30.5 Å². The maximum absolute atomic E-state index is 12.4. The van der Waals surface area contributed by atoms with Gasteiger partial charge in [0.1, 0.15) is 12.4 Å². The fraction of sp³-hybridized carbons (Fsp3) is 0.200. The third kappa shape index (κ3) is 5.96. The molecule has 0 saturated carbocycles. The first-order valence-electron chi connectivity index (χ1n) is 10.1. The number of carbonyl (C=O) groups is 1. The van der Waals surface area contributed by atoms with Crippen molar-refractivity contribution in [1.29, 1.82) is 0 Å². The van der Waals surface area contributed by atoms with Gasteiger partial charge >= 0.3 is 0 Å². The molecule has 0 aliphatic rings. The van der Waals surface area contributed by atoms with Crippen LogP contribution in [0, 0.1) is 6.92 Å². The van der Waals surface area contributed by atoms with Crippen LogP contribution in [0.5, 0.6) is 23.0 Å². The molecule has 0 radical (unpaired) electrons. The second-order valence-electron chi connectivity index (χ2n) is 7.02. The molecule has 0 atom stereocenters. The first kappa shape index (κ1) is 23.9. The summed E-state index contributed by atoms with van der Waals surface area (Å²) in [5.41, 5.74) is 5.49. The van der Waals surface area contributed by atoms with Crippen molar-refractivity contribution in [2.24, 2.45) is 5.10 Å². The highest BCUT2D eigenvalue weighted by molar-refractivity contribution is 6.31. The van der Waals surface area contributed by atoms with Crippen LogP contribution in [0.4, 0.5) is 0 Å². The molecule has 3 rings (SSSR count). The average molecular weight is 469 g/mol. The molecule has 0 fully saturated rings. The Balaban J connectivity index is 1.60. The largest absolute Gasteiger partial charge is 0.493 e. The molecule has 0 bridgehead atoms. The van der Waals surface area contributed by atoms with Gasteiger partial charge in [-0.15, -0.1) is 0 Å². The number of benzene rings is 3. The van der Waals surface area contributed by atoms with E-state index in [0.29, 0.717) is 40.0 Å². The summed E-state index contributed by atoms with van der Waals surface area (Å²) < 4.78 is 21.8. The fourth-order valence-corrected chi connectivity index (χ4v) is 3.19. The zero-order chi connectivity index (χ0) is 23.8. The maximum Gasteiger partial charge on any atom is 0.271 e. The first-order chi connectivity index (χ1) is 16.0. The van der Waals surface area contributed by atoms with Crippen LogP contribution in [0.1, 0.15) is 27.0 Å². The summed E-state index contributed by atoms with van der Waals surface area (Å²) in [5, 5.41) is 4.73. The summed E-state index contributed by atoms with van der Waals surface area (Å²) in [6, 6.07) is 16.1. The maximum atomic E-state index is 12.4. The molecule has 0 spiro atoms. The van der Waals surface area contributed by atoms with Crippen molar-refractivity contribution in [1.82, 2.24) is 5.43 Å². The van der Waals surface area contributed by atoms with E-state index in [2.05, 4.69) is 10.5 Å². The van der Waals surface area contributed by atoms with Crippen LogP contribution >= 0.6 is 11.6 Å². The summed E-state index contributed by atoms with van der Waals surface area (Å²) >= 11 is 6.04. The number of nitrogens with zero attached hydrogens (tertiary/aromatic N) is 1. The van der Waals surface area contributed by atoms with E-state index in [1.165, 1.54) is 20.4 Å². The fourth-order valence-electron chi connectivity index (χ4n) is 3.08. The number of hydrogen-bond donors (Lipinski definition) is 1. The minimum Gasteiger partial charge on any atom is -0.493 e. The van der Waals surface area contributed by atoms with Gasteiger partial charge in [-0.25, -0.2) is 5.43 Å². The standard InChI is InChI=1S/C25H25ClN2O5/c1-16-13-20(10-11-21(16)26)33-15-17-5-7-18(8-6-17)25(29)28-27-14-19-9-12-22(30-2)24(32-4)23(19)31-3/h5-14H,15H2,1-4H3,(H,28,29)/b27-14+. The molecule has 33 heavy (non-hydrogen) atoms. The zero-order valence-corrected chi connectivity index (χ0v) is 19.6. The van der Waals surface area contributed by atoms with Gasteiger partial charge < -0.3 is 18.9 Å². The molecule has 0 unspecified atom stereocenters. The quantitative estimate of drug-likeness (QED) is 0.352. The lowest BCUT2D eigenvalue weighted by molar-refractivity contribution is 0.0955. The Hall–Kier alpha value is -3.71. The molecule has 0 saturated heterocycles. The van der Waals surface area contributed by atoms with E-state index in [1.54, 1.807) is 37.4 Å². The number of hydrogen-bond acceptors (Lipinski definition) is 6. The molecule has 0 aliphatic carbocycles. The van der Waals surface area contributed by atoms with E-state index in [0.717, 1.165) is 16.9 Å². The van der Waals surface area contributed by atoms with E-state index in [9.17, 15) is 4.79 Å². The lowest BCUT2D eigenvalue weighted by Crippen LogP contribution is -2.17. The van der Waals surface area contributed by atoms with Gasteiger partial charge in [0, 0.05) is 16.1 Å². The number of hydrazone groups is 1. The predicted octanol–water partition coefficient (Wildman–Crippen LogP) is 5.02. The van der Waals surface area contributed by atoms with Crippen LogP contribution in [0.25, 0.3) is 0 Å². The minimum atomic E-state index is -0.341. The second kappa shape index (κ2) is 11.2. The molecule has 0 aromatic heterocycles. The van der Waals surface area contributed by atoms with Crippen LogP contribution in [0.15, 0.2) is 59.7 Å². The molecular weight excluding hydrogens is 444 g/mol. The second-order valence-corrected chi connectivity index (χ2v) is 7.43. The van der Waals surface area contributed by atoms with Gasteiger partial charge in [0.05, 0.1) is 27.5 Å². The first-order valence-corrected chi connectivity index (χ1v) is 10.4. The van der Waals surface area contributed by atoms with Gasteiger partial charge in [0.2, 0.25) is 5.75 Å². The molecule has 3 aromatic rings. The van der Waals surface area contributed by atoms with Crippen molar-refractivity contribution in [2.75, 3.05) is 21.3 Å². The van der Waals surface area contributed by atoms with Gasteiger partial charge in [0.25, 0.3) is 5.91 Å². The van der Waals surface area contributed by atoms with E-state index in [-0.39, 0.29) is 5.91 Å². The average Bonchev–Trinajstić information content (AvgIpc) is 2.84. The molecule has 7 nitrogen and oxygen atoms in total. The summed E-state index contributed by atoms with van der Waals surface area (Å²) in [5.74, 6) is 1.83. The highest BCUT2D eigenvalue weighted by Gasteiger charge is 2.14. The Bertz CT molecular complexity index is 1150. The number of rotatable bonds is 9. The molecular formula is C25H25ClN2O5. The van der Waals surface area contributed by atoms with Gasteiger partial charge in [-0.2, -0.15) is 5.10 Å². The van der Waals surface area contributed by atoms with Crippen molar-refractivity contribution in [2.45, 2.75) is 13.5 Å². The lowest BCUT2D eigenvalue weighted by atomic mass is 10.1. The highest BCUT2D eigenvalue weighted by Crippen LogP contribution is 2.38. The van der Waals surface area contributed by atoms with Gasteiger partial charge in [-0.05, 0) is 60.5 Å². The molecule has 1 amide bonds. The molecule has 1 N–H and O–H groups in total. The van der Waals surface area contributed by atoms with Crippen molar-refractivity contribution < 1.29 is 23.7 Å². The van der Waals surface area contributed by atoms with Crippen LogP contribution in [-0.4, -0.2) is 33.5 Å². The number of aryl methyl sites for hydroxylation is 1. The Morgan fingerprint density at radius 2 is 1.70 bits per heavy atom. The number of amides is 1. The Morgan fingerprint density at radius 1 is 0.970 bits per heavy atom. The van der Waals surface area contributed by atoms with Crippen molar-refractivity contribution >= 4 is 23.7 Å². The Kier molecular flexibility index (Phi) is 8.16. The predicted molar refractivity (Wildman–Crippen MR) is 128 cm³/mol. The highest BCUT2D eigenvalue weighted by atomic mass is 35.5. The summed E-state index contributed by atoms with van der Waals surface area (Å²) in [6.45, 7) is 2.30. The SMILES string of the molecule is COc1ccc(/C=N/NC(=O)c2ccc(COc3ccc(Cl)c(C)c3)cc2)c(OC)c1OC. The van der Waals surface area contributed by atoms with Crippen LogP contribution < -0.4 is 24.4 Å². The molecule has 0 heterocycles. The normalized spacial score (nSPS) is 10.7. The van der Waals surface area contributed by atoms with Crippen molar-refractivity contribution in [3.05, 3.63) is 81.9 Å². The number of carbonyl (C=O) groups excluding carboxylic acids is 1. The lowest BCUT2D eigenvalue weighted by Gasteiger charge is -2.13. The number of methoxy groups -OCH3 is 3. The molecule has 0 aliphatic heterocycles. The third-order valence-electron chi connectivity index (χ3n) is 4.86. The number of nitrogens with one attached hydrogen (secondary N) is 1. The number of halogens is 1. The van der Waals surface area contributed by atoms with Crippen molar-refractivity contribution in [3.8, 4) is 23.0 Å². The minimum absolute atomic E-state index is 0.341. The summed E-state index contributed by atoms with van der Waals surface area (Å²) in [7, 11) is 4.59. The van der Waals surface area contributed by atoms with E-state index in [1.807, 2.05) is 31.2 Å². The zero-order valence-electron chi connectivity index (χ0n) is 18.8. The monoisotopic (exact) mass is 468 g/mol. The Labute approximate surface area is 197 Å². The molecule has 3 aromatic carbocycles. The number of ether oxygens (including phenoxy) is 4.